The second-order valence-electron chi connectivity index (χ2n) is 14.9. The second kappa shape index (κ2) is 16.4. The molecule has 0 N–H and O–H groups in total. The predicted octanol–water partition coefficient (Wildman–Crippen LogP) is 11.3. The molecule has 3 aliphatic rings. The molecule has 2 nitrogen and oxygen atoms in total. The summed E-state index contributed by atoms with van der Waals surface area (Å²) in [5, 5.41) is 1.56. The van der Waals surface area contributed by atoms with Gasteiger partial charge in [0.05, 0.1) is 8.07 Å². The molecule has 0 saturated heterocycles. The third-order valence-corrected chi connectivity index (χ3v) is 12.6. The molecule has 1 atom stereocenters. The molecular weight excluding hydrogens is 801 g/mol. The van der Waals surface area contributed by atoms with Gasteiger partial charge in [-0.25, -0.2) is 0 Å². The van der Waals surface area contributed by atoms with E-state index in [-0.39, 0.29) is 20.1 Å². The third kappa shape index (κ3) is 8.67. The van der Waals surface area contributed by atoms with Gasteiger partial charge in [-0.3, -0.25) is 0 Å². The van der Waals surface area contributed by atoms with Crippen molar-refractivity contribution in [2.75, 3.05) is 0 Å². The third-order valence-electron chi connectivity index (χ3n) is 10.5. The van der Waals surface area contributed by atoms with Crippen molar-refractivity contribution in [3.63, 3.8) is 0 Å². The standard InChI is InChI=1S/C23H30NSi.C23H16N.Ir/c1-25(2,3)23-16-24-22(19-7-5-4-6-8-19)15-21(23)14-20-13-17-9-11-18(20)12-10-17;1-3-8-18(9-4-1)20-12-7-13-21(16-20)23-15-14-22(17-24-23)19-10-5-2-6-11-19;/h4-7,15-18,20H,9-14H2,1-3H3;1-12,14-17H;/q2*-1;. The van der Waals surface area contributed by atoms with E-state index in [2.05, 4.69) is 122 Å². The van der Waals surface area contributed by atoms with Crippen molar-refractivity contribution in [3.8, 4) is 44.8 Å². The van der Waals surface area contributed by atoms with E-state index >= 15 is 0 Å². The Morgan fingerprint density at radius 3 is 1.86 bits per heavy atom. The van der Waals surface area contributed by atoms with Crippen LogP contribution in [0.2, 0.25) is 19.6 Å². The summed E-state index contributed by atoms with van der Waals surface area (Å²) in [5.74, 6) is 2.88. The van der Waals surface area contributed by atoms with Crippen LogP contribution < -0.4 is 5.19 Å². The maximum atomic E-state index is 4.82. The fourth-order valence-corrected chi connectivity index (χ4v) is 9.46. The van der Waals surface area contributed by atoms with Gasteiger partial charge in [-0.15, -0.1) is 71.3 Å². The Morgan fingerprint density at radius 1 is 0.600 bits per heavy atom. The van der Waals surface area contributed by atoms with Crippen molar-refractivity contribution >= 4 is 13.3 Å². The minimum absolute atomic E-state index is 0. The van der Waals surface area contributed by atoms with Crippen LogP contribution in [0.3, 0.4) is 0 Å². The summed E-state index contributed by atoms with van der Waals surface area (Å²) in [5.41, 5.74) is 10.4. The Kier molecular flexibility index (Phi) is 11.7. The summed E-state index contributed by atoms with van der Waals surface area (Å²) < 4.78 is 0. The number of pyridine rings is 2. The van der Waals surface area contributed by atoms with Crippen molar-refractivity contribution in [2.45, 2.75) is 58.2 Å². The molecule has 6 aromatic rings. The summed E-state index contributed by atoms with van der Waals surface area (Å²) >= 11 is 0. The molecule has 0 spiro atoms. The minimum atomic E-state index is -1.38. The van der Waals surface area contributed by atoms with E-state index in [1.54, 1.807) is 10.8 Å². The van der Waals surface area contributed by atoms with Crippen LogP contribution >= 0.6 is 0 Å². The molecule has 3 saturated carbocycles. The quantitative estimate of drug-likeness (QED) is 0.118. The van der Waals surface area contributed by atoms with E-state index in [9.17, 15) is 0 Å². The van der Waals surface area contributed by atoms with Crippen molar-refractivity contribution in [1.82, 2.24) is 9.97 Å². The fourth-order valence-electron chi connectivity index (χ4n) is 7.87. The molecule has 1 radical (unpaired) electrons. The Morgan fingerprint density at radius 2 is 1.26 bits per heavy atom. The topological polar surface area (TPSA) is 25.8 Å². The van der Waals surface area contributed by atoms with Crippen LogP contribution in [0, 0.1) is 29.9 Å². The number of fused-ring (bicyclic) bond motifs is 3. The van der Waals surface area contributed by atoms with Crippen LogP contribution in [0.15, 0.2) is 134 Å². The molecule has 1 unspecified atom stereocenters. The van der Waals surface area contributed by atoms with Gasteiger partial charge < -0.3 is 9.97 Å². The number of hydrogen-bond donors (Lipinski definition) is 0. The molecule has 0 amide bonds. The largest absolute Gasteiger partial charge is 0.305 e. The van der Waals surface area contributed by atoms with Gasteiger partial charge in [0.2, 0.25) is 0 Å². The minimum Gasteiger partial charge on any atom is -0.305 e. The molecule has 0 aliphatic heterocycles. The van der Waals surface area contributed by atoms with Crippen LogP contribution in [-0.2, 0) is 26.5 Å². The average molecular weight is 847 g/mol. The first-order valence-corrected chi connectivity index (χ1v) is 21.5. The molecule has 4 heteroatoms. The first-order valence-electron chi connectivity index (χ1n) is 18.0. The van der Waals surface area contributed by atoms with E-state index in [0.717, 1.165) is 45.8 Å². The predicted molar refractivity (Wildman–Crippen MR) is 208 cm³/mol. The maximum absolute atomic E-state index is 4.82. The zero-order chi connectivity index (χ0) is 33.6. The van der Waals surface area contributed by atoms with E-state index in [1.165, 1.54) is 55.2 Å². The molecule has 9 rings (SSSR count). The number of aromatic nitrogens is 2. The number of rotatable bonds is 7. The van der Waals surface area contributed by atoms with Crippen LogP contribution in [-0.4, -0.2) is 18.0 Å². The van der Waals surface area contributed by atoms with E-state index < -0.39 is 8.07 Å². The summed E-state index contributed by atoms with van der Waals surface area (Å²) in [6.07, 6.45) is 12.8. The van der Waals surface area contributed by atoms with E-state index in [0.29, 0.717) is 0 Å². The van der Waals surface area contributed by atoms with Crippen molar-refractivity contribution in [2.24, 2.45) is 17.8 Å². The number of benzene rings is 4. The molecule has 3 fully saturated rings. The zero-order valence-corrected chi connectivity index (χ0v) is 32.8. The molecule has 4 aromatic carbocycles. The average Bonchev–Trinajstić information content (AvgIpc) is 3.16. The van der Waals surface area contributed by atoms with Gasteiger partial charge in [0.15, 0.2) is 0 Å². The van der Waals surface area contributed by atoms with E-state index in [1.807, 2.05) is 48.7 Å². The molecule has 2 bridgehead atoms. The van der Waals surface area contributed by atoms with Crippen LogP contribution in [0.4, 0.5) is 0 Å². The zero-order valence-electron chi connectivity index (χ0n) is 29.4. The maximum Gasteiger partial charge on any atom is 0.0798 e. The van der Waals surface area contributed by atoms with Gasteiger partial charge in [-0.05, 0) is 76.7 Å². The Balaban J connectivity index is 0.000000170. The normalized spacial score (nSPS) is 18.0. The monoisotopic (exact) mass is 847 g/mol. The molecule has 3 aliphatic carbocycles. The van der Waals surface area contributed by atoms with Crippen LogP contribution in [0.1, 0.15) is 37.7 Å². The van der Waals surface area contributed by atoms with Gasteiger partial charge in [-0.1, -0.05) is 117 Å². The van der Waals surface area contributed by atoms with Crippen LogP contribution in [0.5, 0.6) is 0 Å². The summed E-state index contributed by atoms with van der Waals surface area (Å²) in [6.45, 7) is 7.36. The van der Waals surface area contributed by atoms with E-state index in [4.69, 9.17) is 4.98 Å². The molecule has 2 heterocycles. The molecule has 50 heavy (non-hydrogen) atoms. The SMILES string of the molecule is C[Si](C)(C)c1cnc(-c2[c-]cccc2)cc1CC1CC2CCC1CC2.[Ir].[c-]1ccc(-c2ccccc2)cc1-c1ccc(-c2ccccc2)cn1. The summed E-state index contributed by atoms with van der Waals surface area (Å²) in [7, 11) is -1.38. The molecule has 2 aromatic heterocycles. The Labute approximate surface area is 313 Å². The number of nitrogens with zero attached hydrogens (tertiary/aromatic N) is 2. The smallest absolute Gasteiger partial charge is 0.0798 e. The molecule has 255 valence electrons. The summed E-state index contributed by atoms with van der Waals surface area (Å²) in [4.78, 5) is 9.45. The first kappa shape index (κ1) is 35.9. The van der Waals surface area contributed by atoms with Gasteiger partial charge >= 0.3 is 0 Å². The Bertz CT molecular complexity index is 1950. The van der Waals surface area contributed by atoms with Crippen molar-refractivity contribution in [1.29, 1.82) is 0 Å². The van der Waals surface area contributed by atoms with Gasteiger partial charge in [0.25, 0.3) is 0 Å². The number of hydrogen-bond acceptors (Lipinski definition) is 2. The van der Waals surface area contributed by atoms with Crippen molar-refractivity contribution in [3.05, 3.63) is 151 Å². The van der Waals surface area contributed by atoms with Crippen LogP contribution in [0.25, 0.3) is 44.8 Å². The van der Waals surface area contributed by atoms with Crippen molar-refractivity contribution < 1.29 is 20.1 Å². The first-order chi connectivity index (χ1) is 23.9. The van der Waals surface area contributed by atoms with Gasteiger partial charge in [-0.2, -0.15) is 0 Å². The van der Waals surface area contributed by atoms with Gasteiger partial charge in [0, 0.05) is 32.5 Å². The second-order valence-corrected chi connectivity index (χ2v) is 19.9. The summed E-state index contributed by atoms with van der Waals surface area (Å²) in [6, 6.07) is 48.3. The Hall–Kier alpha value is -3.95. The van der Waals surface area contributed by atoms with Gasteiger partial charge in [0.1, 0.15) is 0 Å². The molecular formula is C46H46IrN2Si-2. The fraction of sp³-hybridized carbons (Fsp3) is 0.261.